The van der Waals surface area contributed by atoms with Crippen LogP contribution in [0.3, 0.4) is 0 Å². The molecule has 1 aromatic heterocycles. The SMILES string of the molecule is CS(=O)(=O)Nc1cccc(NCc2cc(C(=O)O)cs2)c1. The molecular formula is C13H14N2O4S2. The molecule has 112 valence electrons. The minimum Gasteiger partial charge on any atom is -0.478 e. The number of sulfonamides is 1. The smallest absolute Gasteiger partial charge is 0.336 e. The van der Waals surface area contributed by atoms with E-state index in [-0.39, 0.29) is 5.56 Å². The van der Waals surface area contributed by atoms with E-state index >= 15 is 0 Å². The summed E-state index contributed by atoms with van der Waals surface area (Å²) in [5.74, 6) is -0.947. The fourth-order valence-corrected chi connectivity index (χ4v) is 3.03. The minimum atomic E-state index is -3.31. The summed E-state index contributed by atoms with van der Waals surface area (Å²) in [6.45, 7) is 0.472. The Morgan fingerprint density at radius 3 is 2.62 bits per heavy atom. The van der Waals surface area contributed by atoms with Gasteiger partial charge in [-0.05, 0) is 24.3 Å². The molecule has 0 aliphatic rings. The lowest BCUT2D eigenvalue weighted by Gasteiger charge is -2.08. The van der Waals surface area contributed by atoms with Gasteiger partial charge in [0.1, 0.15) is 0 Å². The van der Waals surface area contributed by atoms with Gasteiger partial charge < -0.3 is 10.4 Å². The lowest BCUT2D eigenvalue weighted by atomic mass is 10.2. The summed E-state index contributed by atoms with van der Waals surface area (Å²) >= 11 is 1.36. The number of thiophene rings is 1. The molecule has 0 spiro atoms. The van der Waals surface area contributed by atoms with Crippen LogP contribution in [0, 0.1) is 0 Å². The molecule has 0 aliphatic heterocycles. The van der Waals surface area contributed by atoms with Crippen molar-refractivity contribution in [1.29, 1.82) is 0 Å². The molecular weight excluding hydrogens is 312 g/mol. The van der Waals surface area contributed by atoms with Gasteiger partial charge in [-0.25, -0.2) is 13.2 Å². The summed E-state index contributed by atoms with van der Waals surface area (Å²) in [7, 11) is -3.31. The number of hydrogen-bond donors (Lipinski definition) is 3. The van der Waals surface area contributed by atoms with Crippen LogP contribution in [-0.4, -0.2) is 25.7 Å². The van der Waals surface area contributed by atoms with Gasteiger partial charge in [-0.15, -0.1) is 11.3 Å². The number of carboxylic acid groups (broad SMARTS) is 1. The second kappa shape index (κ2) is 6.15. The Balaban J connectivity index is 2.02. The number of rotatable bonds is 6. The highest BCUT2D eigenvalue weighted by Crippen LogP contribution is 2.19. The maximum atomic E-state index is 11.2. The number of benzene rings is 1. The van der Waals surface area contributed by atoms with E-state index < -0.39 is 16.0 Å². The number of hydrogen-bond acceptors (Lipinski definition) is 5. The van der Waals surface area contributed by atoms with Crippen LogP contribution in [0.25, 0.3) is 0 Å². The van der Waals surface area contributed by atoms with Crippen LogP contribution in [0.15, 0.2) is 35.7 Å². The minimum absolute atomic E-state index is 0.268. The molecule has 0 saturated heterocycles. The first-order valence-corrected chi connectivity index (χ1v) is 8.73. The average Bonchev–Trinajstić information content (AvgIpc) is 2.83. The van der Waals surface area contributed by atoms with Crippen LogP contribution in [0.1, 0.15) is 15.2 Å². The van der Waals surface area contributed by atoms with Gasteiger partial charge in [0.05, 0.1) is 17.5 Å². The zero-order chi connectivity index (χ0) is 15.5. The van der Waals surface area contributed by atoms with Crippen molar-refractivity contribution in [3.05, 3.63) is 46.2 Å². The molecule has 21 heavy (non-hydrogen) atoms. The van der Waals surface area contributed by atoms with E-state index in [2.05, 4.69) is 10.0 Å². The fraction of sp³-hybridized carbons (Fsp3) is 0.154. The summed E-state index contributed by atoms with van der Waals surface area (Å²) in [6.07, 6.45) is 1.09. The van der Waals surface area contributed by atoms with E-state index in [0.29, 0.717) is 12.2 Å². The molecule has 0 radical (unpaired) electrons. The molecule has 2 aromatic rings. The Kier molecular flexibility index (Phi) is 4.49. The molecule has 6 nitrogen and oxygen atoms in total. The van der Waals surface area contributed by atoms with Gasteiger partial charge in [0, 0.05) is 22.5 Å². The maximum absolute atomic E-state index is 11.2. The van der Waals surface area contributed by atoms with Crippen LogP contribution in [0.5, 0.6) is 0 Å². The molecule has 1 aromatic carbocycles. The van der Waals surface area contributed by atoms with Gasteiger partial charge in [0.2, 0.25) is 10.0 Å². The van der Waals surface area contributed by atoms with E-state index in [1.54, 1.807) is 35.7 Å². The first kappa shape index (κ1) is 15.3. The molecule has 0 fully saturated rings. The maximum Gasteiger partial charge on any atom is 0.336 e. The number of anilines is 2. The third-order valence-corrected chi connectivity index (χ3v) is 4.08. The van der Waals surface area contributed by atoms with Crippen molar-refractivity contribution < 1.29 is 18.3 Å². The molecule has 0 atom stereocenters. The number of carboxylic acids is 1. The molecule has 8 heteroatoms. The van der Waals surface area contributed by atoms with E-state index in [9.17, 15) is 13.2 Å². The topological polar surface area (TPSA) is 95.5 Å². The second-order valence-corrected chi connectivity index (χ2v) is 7.16. The normalized spacial score (nSPS) is 11.1. The Morgan fingerprint density at radius 1 is 1.29 bits per heavy atom. The Morgan fingerprint density at radius 2 is 2.00 bits per heavy atom. The van der Waals surface area contributed by atoms with Crippen molar-refractivity contribution in [3.8, 4) is 0 Å². The predicted molar refractivity (Wildman–Crippen MR) is 83.5 cm³/mol. The zero-order valence-corrected chi connectivity index (χ0v) is 12.8. The monoisotopic (exact) mass is 326 g/mol. The largest absolute Gasteiger partial charge is 0.478 e. The van der Waals surface area contributed by atoms with Gasteiger partial charge in [-0.3, -0.25) is 4.72 Å². The van der Waals surface area contributed by atoms with E-state index in [0.717, 1.165) is 16.8 Å². The highest BCUT2D eigenvalue weighted by atomic mass is 32.2. The van der Waals surface area contributed by atoms with E-state index in [1.165, 1.54) is 11.3 Å². The molecule has 0 saturated carbocycles. The van der Waals surface area contributed by atoms with E-state index in [4.69, 9.17) is 5.11 Å². The Hall–Kier alpha value is -2.06. The van der Waals surface area contributed by atoms with Crippen LogP contribution >= 0.6 is 11.3 Å². The predicted octanol–water partition coefficient (Wildman–Crippen LogP) is 2.43. The van der Waals surface area contributed by atoms with Crippen LogP contribution in [0.4, 0.5) is 11.4 Å². The van der Waals surface area contributed by atoms with Gasteiger partial charge in [-0.1, -0.05) is 6.07 Å². The van der Waals surface area contributed by atoms with Crippen LogP contribution in [-0.2, 0) is 16.6 Å². The molecule has 0 unspecified atom stereocenters. The molecule has 0 amide bonds. The Bertz CT molecular complexity index is 753. The van der Waals surface area contributed by atoms with Gasteiger partial charge in [-0.2, -0.15) is 0 Å². The highest BCUT2D eigenvalue weighted by molar-refractivity contribution is 7.92. The molecule has 2 rings (SSSR count). The first-order chi connectivity index (χ1) is 9.83. The summed E-state index contributed by atoms with van der Waals surface area (Å²) in [6, 6.07) is 8.47. The average molecular weight is 326 g/mol. The molecule has 0 aliphatic carbocycles. The lowest BCUT2D eigenvalue weighted by molar-refractivity contribution is 0.0697. The fourth-order valence-electron chi connectivity index (χ4n) is 1.68. The molecule has 3 N–H and O–H groups in total. The van der Waals surface area contributed by atoms with Crippen molar-refractivity contribution in [3.63, 3.8) is 0 Å². The van der Waals surface area contributed by atoms with Crippen molar-refractivity contribution in [1.82, 2.24) is 0 Å². The summed E-state index contributed by atoms with van der Waals surface area (Å²) in [5.41, 5.74) is 1.48. The van der Waals surface area contributed by atoms with Crippen molar-refractivity contribution in [2.45, 2.75) is 6.54 Å². The second-order valence-electron chi connectivity index (χ2n) is 4.42. The van der Waals surface area contributed by atoms with Gasteiger partial charge in [0.25, 0.3) is 0 Å². The summed E-state index contributed by atoms with van der Waals surface area (Å²) in [5, 5.41) is 13.6. The third kappa shape index (κ3) is 4.76. The Labute approximate surface area is 126 Å². The number of nitrogens with one attached hydrogen (secondary N) is 2. The number of carbonyl (C=O) groups is 1. The van der Waals surface area contributed by atoms with Crippen LogP contribution < -0.4 is 10.0 Å². The zero-order valence-electron chi connectivity index (χ0n) is 11.2. The van der Waals surface area contributed by atoms with Gasteiger partial charge >= 0.3 is 5.97 Å². The van der Waals surface area contributed by atoms with Gasteiger partial charge in [0.15, 0.2) is 0 Å². The quantitative estimate of drug-likeness (QED) is 0.758. The van der Waals surface area contributed by atoms with E-state index in [1.807, 2.05) is 0 Å². The lowest BCUT2D eigenvalue weighted by Crippen LogP contribution is -2.09. The third-order valence-electron chi connectivity index (χ3n) is 2.53. The standard InChI is InChI=1S/C13H14N2O4S2/c1-21(18,19)15-11-4-2-3-10(6-11)14-7-12-5-9(8-20-12)13(16)17/h2-6,8,14-15H,7H2,1H3,(H,16,17). The molecule has 0 bridgehead atoms. The van der Waals surface area contributed by atoms with Crippen molar-refractivity contribution in [2.24, 2.45) is 0 Å². The van der Waals surface area contributed by atoms with Crippen LogP contribution in [0.2, 0.25) is 0 Å². The first-order valence-electron chi connectivity index (χ1n) is 5.96. The highest BCUT2D eigenvalue weighted by Gasteiger charge is 2.07. The summed E-state index contributed by atoms with van der Waals surface area (Å²) in [4.78, 5) is 11.7. The number of aromatic carboxylic acids is 1. The summed E-state index contributed by atoms with van der Waals surface area (Å²) < 4.78 is 24.7. The van der Waals surface area contributed by atoms with Crippen molar-refractivity contribution >= 4 is 38.7 Å². The molecule has 1 heterocycles. The van der Waals surface area contributed by atoms with Crippen molar-refractivity contribution in [2.75, 3.05) is 16.3 Å².